The second-order valence-corrected chi connectivity index (χ2v) is 7.66. The van der Waals surface area contributed by atoms with E-state index in [-0.39, 0.29) is 28.7 Å². The van der Waals surface area contributed by atoms with Crippen molar-refractivity contribution >= 4 is 21.6 Å². The van der Waals surface area contributed by atoms with Crippen molar-refractivity contribution in [2.75, 3.05) is 11.4 Å². The minimum absolute atomic E-state index is 0.0404. The number of carbonyl (C=O) groups excluding carboxylic acids is 1. The zero-order chi connectivity index (χ0) is 19.5. The van der Waals surface area contributed by atoms with Crippen LogP contribution < -0.4 is 9.62 Å². The summed E-state index contributed by atoms with van der Waals surface area (Å²) in [4.78, 5) is 14.0. The molecule has 0 spiro atoms. The first kappa shape index (κ1) is 20.0. The molecular formula is C18H20F2N2O3S. The fourth-order valence-corrected chi connectivity index (χ4v) is 3.66. The number of halogens is 2. The Balaban J connectivity index is 2.29. The summed E-state index contributed by atoms with van der Waals surface area (Å²) in [7, 11) is -3.66. The standard InChI is InChI=1S/C18H20F2N2O3S/c1-4-22(14-7-10-16(19)17(20)11-14)18(23)13-5-8-15(9-6-13)26(24,25)21-12(2)3/h5-12,21H,4H2,1-3H3. The monoisotopic (exact) mass is 382 g/mol. The van der Waals surface area contributed by atoms with E-state index in [4.69, 9.17) is 0 Å². The predicted octanol–water partition coefficient (Wildman–Crippen LogP) is 3.32. The van der Waals surface area contributed by atoms with Gasteiger partial charge in [0.25, 0.3) is 5.91 Å². The van der Waals surface area contributed by atoms with Crippen LogP contribution in [0.5, 0.6) is 0 Å². The lowest BCUT2D eigenvalue weighted by Gasteiger charge is -2.21. The molecule has 0 unspecified atom stereocenters. The SMILES string of the molecule is CCN(C(=O)c1ccc(S(=O)(=O)NC(C)C)cc1)c1ccc(F)c(F)c1. The van der Waals surface area contributed by atoms with Crippen molar-refractivity contribution in [3.8, 4) is 0 Å². The van der Waals surface area contributed by atoms with Crippen molar-refractivity contribution in [3.63, 3.8) is 0 Å². The maximum atomic E-state index is 13.4. The van der Waals surface area contributed by atoms with E-state index in [2.05, 4.69) is 4.72 Å². The fraction of sp³-hybridized carbons (Fsp3) is 0.278. The Morgan fingerprint density at radius 2 is 1.69 bits per heavy atom. The smallest absolute Gasteiger partial charge is 0.258 e. The normalized spacial score (nSPS) is 11.6. The number of carbonyl (C=O) groups is 1. The van der Waals surface area contributed by atoms with E-state index in [9.17, 15) is 22.0 Å². The van der Waals surface area contributed by atoms with Gasteiger partial charge in [0, 0.05) is 29.9 Å². The molecule has 26 heavy (non-hydrogen) atoms. The zero-order valence-electron chi connectivity index (χ0n) is 14.7. The number of nitrogens with zero attached hydrogens (tertiary/aromatic N) is 1. The summed E-state index contributed by atoms with van der Waals surface area (Å²) < 4.78 is 53.2. The van der Waals surface area contributed by atoms with Crippen LogP contribution in [-0.2, 0) is 10.0 Å². The third kappa shape index (κ3) is 4.44. The van der Waals surface area contributed by atoms with Crippen LogP contribution in [0, 0.1) is 11.6 Å². The molecule has 140 valence electrons. The molecule has 0 aliphatic heterocycles. The molecule has 0 aromatic heterocycles. The van der Waals surface area contributed by atoms with Gasteiger partial charge < -0.3 is 4.90 Å². The van der Waals surface area contributed by atoms with Gasteiger partial charge in [-0.2, -0.15) is 0 Å². The van der Waals surface area contributed by atoms with Gasteiger partial charge >= 0.3 is 0 Å². The third-order valence-electron chi connectivity index (χ3n) is 3.58. The Labute approximate surface area is 151 Å². The Morgan fingerprint density at radius 1 is 1.08 bits per heavy atom. The number of amides is 1. The first-order valence-corrected chi connectivity index (χ1v) is 9.53. The highest BCUT2D eigenvalue weighted by molar-refractivity contribution is 7.89. The maximum absolute atomic E-state index is 13.4. The Kier molecular flexibility index (Phi) is 6.09. The van der Waals surface area contributed by atoms with E-state index in [1.54, 1.807) is 20.8 Å². The molecule has 1 N–H and O–H groups in total. The summed E-state index contributed by atoms with van der Waals surface area (Å²) in [5.74, 6) is -2.49. The quantitative estimate of drug-likeness (QED) is 0.833. The summed E-state index contributed by atoms with van der Waals surface area (Å²) in [6.45, 7) is 5.34. The highest BCUT2D eigenvalue weighted by atomic mass is 32.2. The molecule has 2 rings (SSSR count). The topological polar surface area (TPSA) is 66.5 Å². The van der Waals surface area contributed by atoms with Gasteiger partial charge in [0.15, 0.2) is 11.6 Å². The summed E-state index contributed by atoms with van der Waals surface area (Å²) in [6, 6.07) is 8.39. The third-order valence-corrected chi connectivity index (χ3v) is 5.25. The second kappa shape index (κ2) is 7.92. The lowest BCUT2D eigenvalue weighted by molar-refractivity contribution is 0.0988. The highest BCUT2D eigenvalue weighted by Gasteiger charge is 2.20. The Bertz CT molecular complexity index is 897. The van der Waals surface area contributed by atoms with Crippen LogP contribution in [-0.4, -0.2) is 26.9 Å². The molecule has 0 heterocycles. The van der Waals surface area contributed by atoms with Crippen LogP contribution in [0.1, 0.15) is 31.1 Å². The molecule has 5 nitrogen and oxygen atoms in total. The van der Waals surface area contributed by atoms with Crippen molar-refractivity contribution in [2.24, 2.45) is 0 Å². The number of anilines is 1. The number of hydrogen-bond acceptors (Lipinski definition) is 3. The molecule has 0 saturated carbocycles. The van der Waals surface area contributed by atoms with E-state index < -0.39 is 27.6 Å². The lowest BCUT2D eigenvalue weighted by atomic mass is 10.1. The van der Waals surface area contributed by atoms with E-state index in [1.165, 1.54) is 35.2 Å². The molecule has 0 saturated heterocycles. The van der Waals surface area contributed by atoms with Gasteiger partial charge in [-0.25, -0.2) is 21.9 Å². The zero-order valence-corrected chi connectivity index (χ0v) is 15.5. The van der Waals surface area contributed by atoms with Gasteiger partial charge in [-0.3, -0.25) is 4.79 Å². The molecule has 2 aromatic rings. The van der Waals surface area contributed by atoms with Crippen LogP contribution in [0.15, 0.2) is 47.4 Å². The van der Waals surface area contributed by atoms with Gasteiger partial charge in [-0.15, -0.1) is 0 Å². The number of nitrogens with one attached hydrogen (secondary N) is 1. The van der Waals surface area contributed by atoms with Crippen LogP contribution >= 0.6 is 0 Å². The number of hydrogen-bond donors (Lipinski definition) is 1. The molecule has 1 amide bonds. The van der Waals surface area contributed by atoms with E-state index in [1.807, 2.05) is 0 Å². The maximum Gasteiger partial charge on any atom is 0.258 e. The molecule has 0 fully saturated rings. The molecule has 2 aromatic carbocycles. The average Bonchev–Trinajstić information content (AvgIpc) is 2.57. The van der Waals surface area contributed by atoms with Crippen molar-refractivity contribution in [1.29, 1.82) is 0 Å². The number of rotatable bonds is 6. The van der Waals surface area contributed by atoms with Gasteiger partial charge in [-0.05, 0) is 57.2 Å². The average molecular weight is 382 g/mol. The summed E-state index contributed by atoms with van der Waals surface area (Å²) in [6.07, 6.45) is 0. The van der Waals surface area contributed by atoms with E-state index in [0.29, 0.717) is 0 Å². The Hall–Kier alpha value is -2.32. The summed E-state index contributed by atoms with van der Waals surface area (Å²) in [5.41, 5.74) is 0.453. The van der Waals surface area contributed by atoms with E-state index >= 15 is 0 Å². The predicted molar refractivity (Wildman–Crippen MR) is 95.6 cm³/mol. The van der Waals surface area contributed by atoms with Gasteiger partial charge in [0.2, 0.25) is 10.0 Å². The molecule has 0 aliphatic rings. The summed E-state index contributed by atoms with van der Waals surface area (Å²) in [5, 5.41) is 0. The van der Waals surface area contributed by atoms with Crippen LogP contribution in [0.3, 0.4) is 0 Å². The van der Waals surface area contributed by atoms with Crippen molar-refractivity contribution < 1.29 is 22.0 Å². The van der Waals surface area contributed by atoms with Crippen molar-refractivity contribution in [2.45, 2.75) is 31.7 Å². The van der Waals surface area contributed by atoms with Gasteiger partial charge in [0.1, 0.15) is 0 Å². The highest BCUT2D eigenvalue weighted by Crippen LogP contribution is 2.21. The van der Waals surface area contributed by atoms with Crippen LogP contribution in [0.4, 0.5) is 14.5 Å². The van der Waals surface area contributed by atoms with Gasteiger partial charge in [-0.1, -0.05) is 0 Å². The summed E-state index contributed by atoms with van der Waals surface area (Å²) >= 11 is 0. The second-order valence-electron chi connectivity index (χ2n) is 5.95. The molecule has 0 radical (unpaired) electrons. The fourth-order valence-electron chi connectivity index (χ4n) is 2.41. The van der Waals surface area contributed by atoms with Crippen LogP contribution in [0.2, 0.25) is 0 Å². The number of sulfonamides is 1. The van der Waals surface area contributed by atoms with E-state index in [0.717, 1.165) is 12.1 Å². The molecular weight excluding hydrogens is 362 g/mol. The molecule has 0 bridgehead atoms. The largest absolute Gasteiger partial charge is 0.309 e. The molecule has 8 heteroatoms. The first-order valence-electron chi connectivity index (χ1n) is 8.05. The van der Waals surface area contributed by atoms with Gasteiger partial charge in [0.05, 0.1) is 4.90 Å². The minimum Gasteiger partial charge on any atom is -0.309 e. The number of benzene rings is 2. The lowest BCUT2D eigenvalue weighted by Crippen LogP contribution is -2.31. The first-order chi connectivity index (χ1) is 12.2. The Morgan fingerprint density at radius 3 is 2.19 bits per heavy atom. The van der Waals surface area contributed by atoms with Crippen LogP contribution in [0.25, 0.3) is 0 Å². The minimum atomic E-state index is -3.66. The van der Waals surface area contributed by atoms with Crippen molar-refractivity contribution in [1.82, 2.24) is 4.72 Å². The molecule has 0 atom stereocenters. The molecule has 0 aliphatic carbocycles. The van der Waals surface area contributed by atoms with Crippen molar-refractivity contribution in [3.05, 3.63) is 59.7 Å².